The molecular formula is C23H28FN3S. The molecule has 28 heavy (non-hydrogen) atoms. The molecule has 1 unspecified atom stereocenters. The molecule has 2 aromatic rings. The Hall–Kier alpha value is -1.98. The molecule has 0 saturated heterocycles. The molecule has 0 amide bonds. The summed E-state index contributed by atoms with van der Waals surface area (Å²) in [5.41, 5.74) is 4.17. The van der Waals surface area contributed by atoms with Crippen molar-refractivity contribution in [2.75, 3.05) is 31.1 Å². The maximum atomic E-state index is 14.7. The first kappa shape index (κ1) is 19.3. The Morgan fingerprint density at radius 1 is 1.11 bits per heavy atom. The number of rotatable bonds is 7. The predicted octanol–water partition coefficient (Wildman–Crippen LogP) is 5.38. The first-order valence-corrected chi connectivity index (χ1v) is 11.0. The van der Waals surface area contributed by atoms with Gasteiger partial charge in [0.05, 0.1) is 11.4 Å². The van der Waals surface area contributed by atoms with Crippen LogP contribution in [0.4, 0.5) is 10.1 Å². The lowest BCUT2D eigenvalue weighted by atomic mass is 10.1. The predicted molar refractivity (Wildman–Crippen MR) is 117 cm³/mol. The van der Waals surface area contributed by atoms with E-state index in [1.807, 2.05) is 30.8 Å². The largest absolute Gasteiger partial charge is 0.340 e. The Morgan fingerprint density at radius 3 is 2.68 bits per heavy atom. The number of halogens is 1. The van der Waals surface area contributed by atoms with Crippen LogP contribution < -0.4 is 4.90 Å². The average Bonchev–Trinajstić information content (AvgIpc) is 3.23. The average molecular weight is 398 g/mol. The van der Waals surface area contributed by atoms with E-state index < -0.39 is 0 Å². The van der Waals surface area contributed by atoms with Gasteiger partial charge in [0.2, 0.25) is 0 Å². The Labute approximate surface area is 171 Å². The molecular weight excluding hydrogens is 369 g/mol. The number of hydrogen-bond donors (Lipinski definition) is 0. The van der Waals surface area contributed by atoms with Crippen LogP contribution in [0.5, 0.6) is 0 Å². The Balaban J connectivity index is 1.64. The Morgan fingerprint density at radius 2 is 1.89 bits per heavy atom. The van der Waals surface area contributed by atoms with Crippen LogP contribution in [0.25, 0.3) is 5.70 Å². The summed E-state index contributed by atoms with van der Waals surface area (Å²) in [5, 5.41) is 0. The minimum absolute atomic E-state index is 0.148. The van der Waals surface area contributed by atoms with Crippen molar-refractivity contribution >= 4 is 23.1 Å². The molecule has 4 rings (SSSR count). The lowest BCUT2D eigenvalue weighted by Gasteiger charge is -2.30. The second-order valence-electron chi connectivity index (χ2n) is 7.39. The van der Waals surface area contributed by atoms with Crippen LogP contribution in [0.1, 0.15) is 31.4 Å². The molecule has 0 spiro atoms. The SMILES string of the molecule is CCN(CC)CCCN1C(c2cc(C)ccc2F)=CN2c3ccccc3SC12. The van der Waals surface area contributed by atoms with Crippen molar-refractivity contribution in [1.29, 1.82) is 0 Å². The maximum Gasteiger partial charge on any atom is 0.159 e. The number of nitrogens with zero attached hydrogens (tertiary/aromatic N) is 3. The second-order valence-corrected chi connectivity index (χ2v) is 8.49. The van der Waals surface area contributed by atoms with Crippen molar-refractivity contribution in [2.24, 2.45) is 0 Å². The molecule has 3 nitrogen and oxygen atoms in total. The molecule has 0 fully saturated rings. The fraction of sp³-hybridized carbons (Fsp3) is 0.391. The third kappa shape index (κ3) is 3.53. The molecule has 2 aliphatic heterocycles. The highest BCUT2D eigenvalue weighted by molar-refractivity contribution is 8.00. The number of hydrogen-bond acceptors (Lipinski definition) is 4. The van der Waals surface area contributed by atoms with Crippen LogP contribution in [-0.4, -0.2) is 41.5 Å². The van der Waals surface area contributed by atoms with Gasteiger partial charge in [-0.2, -0.15) is 0 Å². The standard InChI is InChI=1S/C23H28FN3S/c1-4-25(5-2)13-8-14-26-21(18-15-17(3)11-12-19(18)24)16-27-20-9-6-7-10-22(20)28-23(26)27/h6-7,9-12,15-16,23H,4-5,8,13-14H2,1-3H3. The van der Waals surface area contributed by atoms with E-state index in [9.17, 15) is 4.39 Å². The Bertz CT molecular complexity index is 878. The lowest BCUT2D eigenvalue weighted by Crippen LogP contribution is -2.36. The highest BCUT2D eigenvalue weighted by Crippen LogP contribution is 2.50. The molecule has 0 radical (unpaired) electrons. The number of fused-ring (bicyclic) bond motifs is 3. The van der Waals surface area contributed by atoms with Gasteiger partial charge >= 0.3 is 0 Å². The van der Waals surface area contributed by atoms with Gasteiger partial charge in [-0.15, -0.1) is 0 Å². The van der Waals surface area contributed by atoms with E-state index in [0.29, 0.717) is 5.56 Å². The maximum absolute atomic E-state index is 14.7. The van der Waals surface area contributed by atoms with E-state index in [1.165, 1.54) is 10.6 Å². The second kappa shape index (κ2) is 8.18. The van der Waals surface area contributed by atoms with Crippen LogP contribution in [0, 0.1) is 12.7 Å². The van der Waals surface area contributed by atoms with Gasteiger partial charge in [-0.25, -0.2) is 4.39 Å². The first-order chi connectivity index (χ1) is 13.6. The summed E-state index contributed by atoms with van der Waals surface area (Å²) < 4.78 is 14.7. The topological polar surface area (TPSA) is 9.72 Å². The zero-order chi connectivity index (χ0) is 19.7. The monoisotopic (exact) mass is 397 g/mol. The molecule has 1 atom stereocenters. The van der Waals surface area contributed by atoms with Crippen molar-refractivity contribution in [2.45, 2.75) is 37.6 Å². The minimum atomic E-state index is -0.148. The van der Waals surface area contributed by atoms with Crippen molar-refractivity contribution in [1.82, 2.24) is 9.80 Å². The molecule has 2 aliphatic rings. The molecule has 0 saturated carbocycles. The summed E-state index contributed by atoms with van der Waals surface area (Å²) in [4.78, 5) is 8.42. The first-order valence-electron chi connectivity index (χ1n) is 10.1. The molecule has 148 valence electrons. The molecule has 2 aromatic carbocycles. The van der Waals surface area contributed by atoms with E-state index in [0.717, 1.165) is 43.9 Å². The van der Waals surface area contributed by atoms with Gasteiger partial charge in [-0.3, -0.25) is 0 Å². The fourth-order valence-corrected chi connectivity index (χ4v) is 5.34. The summed E-state index contributed by atoms with van der Waals surface area (Å²) in [6.07, 6.45) is 3.20. The van der Waals surface area contributed by atoms with Crippen LogP contribution in [0.2, 0.25) is 0 Å². The van der Waals surface area contributed by atoms with Gasteiger partial charge in [-0.05, 0) is 57.2 Å². The molecule has 2 heterocycles. The zero-order valence-electron chi connectivity index (χ0n) is 16.9. The van der Waals surface area contributed by atoms with Crippen LogP contribution in [0.3, 0.4) is 0 Å². The number of benzene rings is 2. The van der Waals surface area contributed by atoms with Gasteiger partial charge < -0.3 is 14.7 Å². The van der Waals surface area contributed by atoms with Crippen LogP contribution in [-0.2, 0) is 0 Å². The van der Waals surface area contributed by atoms with Crippen LogP contribution in [0.15, 0.2) is 53.6 Å². The van der Waals surface area contributed by atoms with Gasteiger partial charge in [0, 0.05) is 23.2 Å². The number of thioether (sulfide) groups is 1. The van der Waals surface area contributed by atoms with E-state index in [2.05, 4.69) is 59.0 Å². The quantitative estimate of drug-likeness (QED) is 0.620. The third-order valence-corrected chi connectivity index (χ3v) is 6.91. The lowest BCUT2D eigenvalue weighted by molar-refractivity contribution is 0.278. The zero-order valence-corrected chi connectivity index (χ0v) is 17.7. The van der Waals surface area contributed by atoms with E-state index in [-0.39, 0.29) is 11.3 Å². The van der Waals surface area contributed by atoms with Gasteiger partial charge in [0.15, 0.2) is 5.50 Å². The molecule has 0 N–H and O–H groups in total. The highest BCUT2D eigenvalue weighted by atomic mass is 32.2. The summed E-state index contributed by atoms with van der Waals surface area (Å²) in [6, 6.07) is 13.9. The smallest absolute Gasteiger partial charge is 0.159 e. The summed E-state index contributed by atoms with van der Waals surface area (Å²) >= 11 is 1.86. The fourth-order valence-electron chi connectivity index (χ4n) is 4.03. The van der Waals surface area contributed by atoms with E-state index in [4.69, 9.17) is 0 Å². The normalized spacial score (nSPS) is 17.9. The van der Waals surface area contributed by atoms with Crippen molar-refractivity contribution in [3.05, 3.63) is 65.6 Å². The Kier molecular flexibility index (Phi) is 5.65. The third-order valence-electron chi connectivity index (χ3n) is 5.62. The number of anilines is 1. The van der Waals surface area contributed by atoms with Crippen LogP contribution >= 0.6 is 11.8 Å². The highest BCUT2D eigenvalue weighted by Gasteiger charge is 2.40. The van der Waals surface area contributed by atoms with Crippen molar-refractivity contribution in [3.8, 4) is 0 Å². The summed E-state index contributed by atoms with van der Waals surface area (Å²) in [5.74, 6) is -0.148. The molecule has 0 aromatic heterocycles. The van der Waals surface area contributed by atoms with E-state index >= 15 is 0 Å². The molecule has 0 bridgehead atoms. The molecule has 5 heteroatoms. The van der Waals surface area contributed by atoms with Crippen molar-refractivity contribution in [3.63, 3.8) is 0 Å². The van der Waals surface area contributed by atoms with Gasteiger partial charge in [-0.1, -0.05) is 49.4 Å². The number of para-hydroxylation sites is 1. The minimum Gasteiger partial charge on any atom is -0.340 e. The van der Waals surface area contributed by atoms with Gasteiger partial charge in [0.25, 0.3) is 0 Å². The van der Waals surface area contributed by atoms with Crippen molar-refractivity contribution < 1.29 is 4.39 Å². The number of aryl methyl sites for hydroxylation is 1. The van der Waals surface area contributed by atoms with E-state index in [1.54, 1.807) is 6.07 Å². The summed E-state index contributed by atoms with van der Waals surface area (Å²) in [7, 11) is 0. The van der Waals surface area contributed by atoms with Gasteiger partial charge in [0.1, 0.15) is 5.82 Å². The summed E-state index contributed by atoms with van der Waals surface area (Å²) in [6.45, 7) is 10.6. The molecule has 0 aliphatic carbocycles.